The van der Waals surface area contributed by atoms with Crippen molar-refractivity contribution in [3.63, 3.8) is 0 Å². The van der Waals surface area contributed by atoms with Crippen molar-refractivity contribution in [2.45, 2.75) is 19.2 Å². The third kappa shape index (κ3) is 3.54. The van der Waals surface area contributed by atoms with E-state index in [1.807, 2.05) is 24.3 Å². The van der Waals surface area contributed by atoms with E-state index in [0.717, 1.165) is 22.7 Å². The predicted molar refractivity (Wildman–Crippen MR) is 97.1 cm³/mol. The molecule has 1 fully saturated rings. The lowest BCUT2D eigenvalue weighted by Crippen LogP contribution is -2.37. The van der Waals surface area contributed by atoms with Gasteiger partial charge in [0.15, 0.2) is 5.69 Å². The standard InChI is InChI=1S/C19H23FN4O3/c1-26-15-4-2-14(3-5-15)24-17-6-9-27-12-16(17)18(22-24)19(25)23-8-7-21-10-13(20)11-23/h2-5,13,21H,6-12H2,1H3. The molecule has 27 heavy (non-hydrogen) atoms. The van der Waals surface area contributed by atoms with Crippen molar-refractivity contribution in [3.8, 4) is 11.4 Å². The third-order valence-electron chi connectivity index (χ3n) is 4.97. The molecule has 144 valence electrons. The Bertz CT molecular complexity index is 821. The van der Waals surface area contributed by atoms with Gasteiger partial charge in [0.2, 0.25) is 0 Å². The number of fused-ring (bicyclic) bond motifs is 1. The first-order valence-electron chi connectivity index (χ1n) is 9.14. The normalized spacial score (nSPS) is 20.1. The SMILES string of the molecule is COc1ccc(-n2nc(C(=O)N3CCNCC(F)C3)c3c2CCOC3)cc1. The Balaban J connectivity index is 1.70. The number of nitrogens with zero attached hydrogens (tertiary/aromatic N) is 3. The van der Waals surface area contributed by atoms with E-state index in [9.17, 15) is 9.18 Å². The minimum absolute atomic E-state index is 0.0802. The molecule has 1 atom stereocenters. The summed E-state index contributed by atoms with van der Waals surface area (Å²) in [4.78, 5) is 14.6. The molecule has 1 unspecified atom stereocenters. The zero-order valence-corrected chi connectivity index (χ0v) is 15.3. The number of amides is 1. The van der Waals surface area contributed by atoms with Crippen molar-refractivity contribution < 1.29 is 18.7 Å². The number of aromatic nitrogens is 2. The smallest absolute Gasteiger partial charge is 0.274 e. The Kier molecular flexibility index (Phi) is 5.09. The van der Waals surface area contributed by atoms with Gasteiger partial charge in [-0.2, -0.15) is 5.10 Å². The fraction of sp³-hybridized carbons (Fsp3) is 0.474. The van der Waals surface area contributed by atoms with Crippen LogP contribution in [-0.2, 0) is 17.8 Å². The summed E-state index contributed by atoms with van der Waals surface area (Å²) in [6.45, 7) is 2.32. The van der Waals surface area contributed by atoms with Crippen molar-refractivity contribution in [3.05, 3.63) is 41.2 Å². The van der Waals surface area contributed by atoms with Crippen molar-refractivity contribution in [2.75, 3.05) is 39.9 Å². The molecule has 0 radical (unpaired) electrons. The average molecular weight is 374 g/mol. The van der Waals surface area contributed by atoms with E-state index in [4.69, 9.17) is 9.47 Å². The molecule has 1 amide bonds. The van der Waals surface area contributed by atoms with Gasteiger partial charge < -0.3 is 19.7 Å². The van der Waals surface area contributed by atoms with E-state index in [1.165, 1.54) is 0 Å². The number of halogens is 1. The van der Waals surface area contributed by atoms with Crippen LogP contribution in [0, 0.1) is 0 Å². The van der Waals surface area contributed by atoms with Crippen LogP contribution >= 0.6 is 0 Å². The Morgan fingerprint density at radius 2 is 2.19 bits per heavy atom. The number of alkyl halides is 1. The Labute approximate surface area is 157 Å². The second-order valence-electron chi connectivity index (χ2n) is 6.74. The number of ether oxygens (including phenoxy) is 2. The van der Waals surface area contributed by atoms with E-state index >= 15 is 0 Å². The number of carbonyl (C=O) groups excluding carboxylic acids is 1. The topological polar surface area (TPSA) is 68.6 Å². The summed E-state index contributed by atoms with van der Waals surface area (Å²) in [5, 5.41) is 7.62. The van der Waals surface area contributed by atoms with Crippen LogP contribution in [0.4, 0.5) is 4.39 Å². The largest absolute Gasteiger partial charge is 0.497 e. The number of methoxy groups -OCH3 is 1. The predicted octanol–water partition coefficient (Wildman–Crippen LogP) is 1.34. The van der Waals surface area contributed by atoms with Crippen LogP contribution in [0.25, 0.3) is 5.69 Å². The highest BCUT2D eigenvalue weighted by Crippen LogP contribution is 2.26. The molecule has 0 bridgehead atoms. The zero-order valence-electron chi connectivity index (χ0n) is 15.3. The Hall–Kier alpha value is -2.45. The second kappa shape index (κ2) is 7.66. The van der Waals surface area contributed by atoms with Gasteiger partial charge >= 0.3 is 0 Å². The number of rotatable bonds is 3. The molecule has 0 aliphatic carbocycles. The molecule has 2 aliphatic heterocycles. The van der Waals surface area contributed by atoms with Gasteiger partial charge in [-0.25, -0.2) is 9.07 Å². The van der Waals surface area contributed by atoms with Crippen LogP contribution in [0.3, 0.4) is 0 Å². The molecule has 1 aromatic carbocycles. The monoisotopic (exact) mass is 374 g/mol. The molecule has 4 rings (SSSR count). The Morgan fingerprint density at radius 1 is 1.37 bits per heavy atom. The fourth-order valence-corrected chi connectivity index (χ4v) is 3.55. The van der Waals surface area contributed by atoms with E-state index in [-0.39, 0.29) is 19.0 Å². The second-order valence-corrected chi connectivity index (χ2v) is 6.74. The van der Waals surface area contributed by atoms with Gasteiger partial charge in [0.1, 0.15) is 11.9 Å². The van der Waals surface area contributed by atoms with Crippen molar-refractivity contribution in [1.29, 1.82) is 0 Å². The van der Waals surface area contributed by atoms with Crippen LogP contribution in [0.5, 0.6) is 5.75 Å². The molecule has 8 heteroatoms. The van der Waals surface area contributed by atoms with E-state index in [0.29, 0.717) is 38.4 Å². The molecular weight excluding hydrogens is 351 g/mol. The van der Waals surface area contributed by atoms with E-state index in [1.54, 1.807) is 16.7 Å². The fourth-order valence-electron chi connectivity index (χ4n) is 3.55. The third-order valence-corrected chi connectivity index (χ3v) is 4.97. The quantitative estimate of drug-likeness (QED) is 0.878. The van der Waals surface area contributed by atoms with Crippen LogP contribution in [0.2, 0.25) is 0 Å². The summed E-state index contributed by atoms with van der Waals surface area (Å²) in [6.07, 6.45) is -0.401. The number of hydrogen-bond acceptors (Lipinski definition) is 5. The lowest BCUT2D eigenvalue weighted by molar-refractivity contribution is 0.0714. The van der Waals surface area contributed by atoms with Gasteiger partial charge in [-0.15, -0.1) is 0 Å². The molecule has 2 aromatic rings. The summed E-state index contributed by atoms with van der Waals surface area (Å²) in [6, 6.07) is 7.53. The maximum atomic E-state index is 13.9. The number of carbonyl (C=O) groups is 1. The van der Waals surface area contributed by atoms with Crippen molar-refractivity contribution >= 4 is 5.91 Å². The highest BCUT2D eigenvalue weighted by atomic mass is 19.1. The minimum Gasteiger partial charge on any atom is -0.497 e. The summed E-state index contributed by atoms with van der Waals surface area (Å²) in [5.74, 6) is 0.515. The maximum Gasteiger partial charge on any atom is 0.274 e. The van der Waals surface area contributed by atoms with Crippen LogP contribution in [0.1, 0.15) is 21.7 Å². The van der Waals surface area contributed by atoms with Crippen LogP contribution in [0.15, 0.2) is 24.3 Å². The molecule has 0 spiro atoms. The molecule has 1 aromatic heterocycles. The Morgan fingerprint density at radius 3 is 2.96 bits per heavy atom. The zero-order chi connectivity index (χ0) is 18.8. The van der Waals surface area contributed by atoms with Crippen LogP contribution in [-0.4, -0.2) is 66.7 Å². The summed E-state index contributed by atoms with van der Waals surface area (Å²) in [5.41, 5.74) is 2.98. The molecule has 2 aliphatic rings. The van der Waals surface area contributed by atoms with E-state index in [2.05, 4.69) is 10.4 Å². The molecule has 1 N–H and O–H groups in total. The van der Waals surface area contributed by atoms with Gasteiger partial charge in [-0.1, -0.05) is 0 Å². The summed E-state index contributed by atoms with van der Waals surface area (Å²) >= 11 is 0. The molecular formula is C19H23FN4O3. The molecule has 7 nitrogen and oxygen atoms in total. The molecule has 1 saturated heterocycles. The van der Waals surface area contributed by atoms with Crippen molar-refractivity contribution in [2.24, 2.45) is 0 Å². The highest BCUT2D eigenvalue weighted by molar-refractivity contribution is 5.94. The molecule has 3 heterocycles. The van der Waals surface area contributed by atoms with Crippen LogP contribution < -0.4 is 10.1 Å². The maximum absolute atomic E-state index is 13.9. The van der Waals surface area contributed by atoms with Gasteiger partial charge in [0.25, 0.3) is 5.91 Å². The number of nitrogens with one attached hydrogen (secondary N) is 1. The summed E-state index contributed by atoms with van der Waals surface area (Å²) in [7, 11) is 1.62. The first kappa shape index (κ1) is 17.9. The average Bonchev–Trinajstić information content (AvgIpc) is 2.95. The lowest BCUT2D eigenvalue weighted by atomic mass is 10.1. The van der Waals surface area contributed by atoms with Gasteiger partial charge in [-0.05, 0) is 24.3 Å². The minimum atomic E-state index is -1.08. The van der Waals surface area contributed by atoms with E-state index < -0.39 is 6.17 Å². The van der Waals surface area contributed by atoms with Gasteiger partial charge in [0, 0.05) is 31.6 Å². The molecule has 0 saturated carbocycles. The first-order valence-corrected chi connectivity index (χ1v) is 9.14. The number of benzene rings is 1. The number of hydrogen-bond donors (Lipinski definition) is 1. The van der Waals surface area contributed by atoms with Gasteiger partial charge in [-0.3, -0.25) is 4.79 Å². The van der Waals surface area contributed by atoms with Crippen molar-refractivity contribution in [1.82, 2.24) is 20.0 Å². The summed E-state index contributed by atoms with van der Waals surface area (Å²) < 4.78 is 26.5. The van der Waals surface area contributed by atoms with Gasteiger partial charge in [0.05, 0.1) is 38.2 Å². The highest BCUT2D eigenvalue weighted by Gasteiger charge is 2.30. The first-order chi connectivity index (χ1) is 13.2. The lowest BCUT2D eigenvalue weighted by Gasteiger charge is -2.21.